The van der Waals surface area contributed by atoms with Gasteiger partial charge in [0.25, 0.3) is 0 Å². The number of hydrogen-bond acceptors (Lipinski definition) is 7. The standard InChI is InChI=1S/C19H23NO6/c1-6-26-19(23)14(12-15(17(21)24-4)18(22)25-5)16(20(2)3)13-10-8-7-9-11-13/h7-12H,6H2,1-5H3. The highest BCUT2D eigenvalue weighted by molar-refractivity contribution is 6.16. The number of benzene rings is 1. The molecule has 0 aliphatic rings. The van der Waals surface area contributed by atoms with Crippen LogP contribution in [0.4, 0.5) is 0 Å². The molecule has 0 spiro atoms. The number of carbonyl (C=O) groups is 3. The minimum Gasteiger partial charge on any atom is -0.465 e. The Morgan fingerprint density at radius 3 is 1.92 bits per heavy atom. The third-order valence-electron chi connectivity index (χ3n) is 3.34. The molecule has 0 unspecified atom stereocenters. The van der Waals surface area contributed by atoms with Crippen molar-refractivity contribution >= 4 is 23.6 Å². The van der Waals surface area contributed by atoms with Crippen molar-refractivity contribution in [3.8, 4) is 0 Å². The zero-order chi connectivity index (χ0) is 19.7. The lowest BCUT2D eigenvalue weighted by Crippen LogP contribution is -2.21. The number of rotatable bonds is 7. The maximum absolute atomic E-state index is 12.6. The van der Waals surface area contributed by atoms with Gasteiger partial charge in [-0.05, 0) is 18.6 Å². The lowest BCUT2D eigenvalue weighted by atomic mass is 10.0. The van der Waals surface area contributed by atoms with Crippen molar-refractivity contribution in [1.82, 2.24) is 4.90 Å². The van der Waals surface area contributed by atoms with E-state index in [0.29, 0.717) is 11.3 Å². The number of hydrogen-bond donors (Lipinski definition) is 0. The lowest BCUT2D eigenvalue weighted by Gasteiger charge is -2.21. The molecule has 0 saturated heterocycles. The van der Waals surface area contributed by atoms with E-state index in [0.717, 1.165) is 20.3 Å². The first-order valence-corrected chi connectivity index (χ1v) is 7.89. The van der Waals surface area contributed by atoms with Gasteiger partial charge >= 0.3 is 17.9 Å². The number of esters is 3. The summed E-state index contributed by atoms with van der Waals surface area (Å²) in [7, 11) is 5.75. The largest absolute Gasteiger partial charge is 0.465 e. The van der Waals surface area contributed by atoms with Gasteiger partial charge in [-0.2, -0.15) is 0 Å². The molecule has 0 heterocycles. The first-order valence-electron chi connectivity index (χ1n) is 7.89. The Morgan fingerprint density at radius 2 is 1.50 bits per heavy atom. The first-order chi connectivity index (χ1) is 12.4. The molecule has 7 heteroatoms. The first kappa shape index (κ1) is 21.0. The highest BCUT2D eigenvalue weighted by atomic mass is 16.5. The SMILES string of the molecule is CCOC(=O)C(C=C(C(=O)OC)C(=O)OC)=C(c1ccccc1)N(C)C. The predicted molar refractivity (Wildman–Crippen MR) is 95.8 cm³/mol. The molecule has 0 radical (unpaired) electrons. The van der Waals surface area contributed by atoms with E-state index in [1.807, 2.05) is 18.2 Å². The van der Waals surface area contributed by atoms with Gasteiger partial charge in [0.05, 0.1) is 32.1 Å². The molecule has 0 aromatic heterocycles. The lowest BCUT2D eigenvalue weighted by molar-refractivity contribution is -0.144. The summed E-state index contributed by atoms with van der Waals surface area (Å²) in [5, 5.41) is 0. The van der Waals surface area contributed by atoms with Crippen LogP contribution in [-0.2, 0) is 28.6 Å². The van der Waals surface area contributed by atoms with Crippen molar-refractivity contribution in [3.05, 3.63) is 53.1 Å². The van der Waals surface area contributed by atoms with Crippen LogP contribution in [0.5, 0.6) is 0 Å². The van der Waals surface area contributed by atoms with Crippen LogP contribution >= 0.6 is 0 Å². The minimum atomic E-state index is -0.912. The van der Waals surface area contributed by atoms with Crippen LogP contribution in [0.15, 0.2) is 47.6 Å². The van der Waals surface area contributed by atoms with Gasteiger partial charge in [0.1, 0.15) is 5.57 Å². The molecule has 0 aliphatic carbocycles. The van der Waals surface area contributed by atoms with Crippen molar-refractivity contribution in [2.24, 2.45) is 0 Å². The van der Waals surface area contributed by atoms with E-state index < -0.39 is 23.5 Å². The summed E-state index contributed by atoms with van der Waals surface area (Å²) in [6.45, 7) is 1.80. The second-order valence-corrected chi connectivity index (χ2v) is 5.28. The Bertz CT molecular complexity index is 701. The van der Waals surface area contributed by atoms with E-state index in [1.165, 1.54) is 0 Å². The van der Waals surface area contributed by atoms with Crippen LogP contribution in [0.25, 0.3) is 5.70 Å². The van der Waals surface area contributed by atoms with Gasteiger partial charge < -0.3 is 19.1 Å². The van der Waals surface area contributed by atoms with Crippen molar-refractivity contribution in [2.45, 2.75) is 6.92 Å². The topological polar surface area (TPSA) is 82.1 Å². The fourth-order valence-electron chi connectivity index (χ4n) is 2.25. The second kappa shape index (κ2) is 10.0. The van der Waals surface area contributed by atoms with Crippen molar-refractivity contribution in [2.75, 3.05) is 34.9 Å². The molecular formula is C19H23NO6. The molecular weight excluding hydrogens is 338 g/mol. The monoisotopic (exact) mass is 361 g/mol. The van der Waals surface area contributed by atoms with Gasteiger partial charge in [0.15, 0.2) is 0 Å². The molecule has 140 valence electrons. The summed E-state index contributed by atoms with van der Waals surface area (Å²) in [6, 6.07) is 9.07. The average Bonchev–Trinajstić information content (AvgIpc) is 2.64. The molecule has 0 bridgehead atoms. The van der Waals surface area contributed by atoms with Crippen LogP contribution in [0.2, 0.25) is 0 Å². The molecule has 0 amide bonds. The van der Waals surface area contributed by atoms with Crippen LogP contribution in [-0.4, -0.2) is 57.7 Å². The van der Waals surface area contributed by atoms with E-state index in [2.05, 4.69) is 9.47 Å². The third-order valence-corrected chi connectivity index (χ3v) is 3.34. The van der Waals surface area contributed by atoms with Gasteiger partial charge in [-0.15, -0.1) is 0 Å². The Hall–Kier alpha value is -3.09. The fourth-order valence-corrected chi connectivity index (χ4v) is 2.25. The average molecular weight is 361 g/mol. The molecule has 0 fully saturated rings. The molecule has 1 aromatic carbocycles. The summed E-state index contributed by atoms with van der Waals surface area (Å²) in [5.74, 6) is -2.50. The maximum atomic E-state index is 12.6. The van der Waals surface area contributed by atoms with E-state index >= 15 is 0 Å². The summed E-state index contributed by atoms with van der Waals surface area (Å²) >= 11 is 0. The van der Waals surface area contributed by atoms with Crippen LogP contribution < -0.4 is 0 Å². The molecule has 0 atom stereocenters. The Balaban J connectivity index is 3.75. The molecule has 1 rings (SSSR count). The zero-order valence-electron chi connectivity index (χ0n) is 15.6. The maximum Gasteiger partial charge on any atom is 0.345 e. The number of ether oxygens (including phenoxy) is 3. The highest BCUT2D eigenvalue weighted by Gasteiger charge is 2.25. The Kier molecular flexibility index (Phi) is 8.08. The van der Waals surface area contributed by atoms with E-state index in [-0.39, 0.29) is 12.2 Å². The van der Waals surface area contributed by atoms with E-state index in [1.54, 1.807) is 38.1 Å². The summed E-state index contributed by atoms with van der Waals surface area (Å²) in [4.78, 5) is 38.2. The summed E-state index contributed by atoms with van der Waals surface area (Å²) in [5.41, 5.74) is 0.822. The van der Waals surface area contributed by atoms with Gasteiger partial charge in [0.2, 0.25) is 0 Å². The number of nitrogens with zero attached hydrogens (tertiary/aromatic N) is 1. The second-order valence-electron chi connectivity index (χ2n) is 5.28. The Morgan fingerprint density at radius 1 is 0.962 bits per heavy atom. The van der Waals surface area contributed by atoms with Gasteiger partial charge in [0, 0.05) is 14.1 Å². The van der Waals surface area contributed by atoms with Crippen LogP contribution in [0, 0.1) is 0 Å². The van der Waals surface area contributed by atoms with Crippen molar-refractivity contribution < 1.29 is 28.6 Å². The smallest absolute Gasteiger partial charge is 0.345 e. The highest BCUT2D eigenvalue weighted by Crippen LogP contribution is 2.24. The predicted octanol–water partition coefficient (Wildman–Crippen LogP) is 1.79. The Labute approximate surface area is 152 Å². The van der Waals surface area contributed by atoms with Crippen molar-refractivity contribution in [3.63, 3.8) is 0 Å². The molecule has 1 aromatic rings. The number of carbonyl (C=O) groups excluding carboxylic acids is 3. The van der Waals surface area contributed by atoms with Crippen LogP contribution in [0.1, 0.15) is 12.5 Å². The van der Waals surface area contributed by atoms with E-state index in [4.69, 9.17) is 4.74 Å². The van der Waals surface area contributed by atoms with Gasteiger partial charge in [-0.3, -0.25) is 0 Å². The third kappa shape index (κ3) is 5.20. The minimum absolute atomic E-state index is 0.0360. The zero-order valence-corrected chi connectivity index (χ0v) is 15.6. The van der Waals surface area contributed by atoms with E-state index in [9.17, 15) is 14.4 Å². The molecule has 0 N–H and O–H groups in total. The normalized spacial score (nSPS) is 11.0. The van der Waals surface area contributed by atoms with Gasteiger partial charge in [-0.25, -0.2) is 14.4 Å². The fraction of sp³-hybridized carbons (Fsp3) is 0.316. The van der Waals surface area contributed by atoms with Crippen molar-refractivity contribution in [1.29, 1.82) is 0 Å². The summed E-state index contributed by atoms with van der Waals surface area (Å²) < 4.78 is 14.4. The molecule has 26 heavy (non-hydrogen) atoms. The number of methoxy groups -OCH3 is 2. The molecule has 0 saturated carbocycles. The van der Waals surface area contributed by atoms with Gasteiger partial charge in [-0.1, -0.05) is 30.3 Å². The molecule has 0 aliphatic heterocycles. The quantitative estimate of drug-likeness (QED) is 0.183. The summed E-state index contributed by atoms with van der Waals surface area (Å²) in [6.07, 6.45) is 1.14. The van der Waals surface area contributed by atoms with Crippen LogP contribution in [0.3, 0.4) is 0 Å². The molecule has 7 nitrogen and oxygen atoms in total.